The van der Waals surface area contributed by atoms with Crippen molar-refractivity contribution in [2.24, 2.45) is 0 Å². The third kappa shape index (κ3) is 5.87. The van der Waals surface area contributed by atoms with Crippen molar-refractivity contribution < 1.29 is 14.6 Å². The lowest BCUT2D eigenvalue weighted by molar-refractivity contribution is -0.121. The molecule has 0 aliphatic carbocycles. The van der Waals surface area contributed by atoms with Crippen LogP contribution in [0.5, 0.6) is 0 Å². The van der Waals surface area contributed by atoms with Gasteiger partial charge in [0.25, 0.3) is 0 Å². The molecule has 0 aliphatic heterocycles. The molecule has 1 aromatic rings. The average molecular weight is 275 g/mol. The molecule has 0 radical (unpaired) electrons. The predicted octanol–water partition coefficient (Wildman–Crippen LogP) is 2.09. The zero-order valence-electron chi connectivity index (χ0n) is 12.2. The van der Waals surface area contributed by atoms with E-state index in [2.05, 4.69) is 17.2 Å². The molecule has 0 spiro atoms. The predicted molar refractivity (Wildman–Crippen MR) is 79.5 cm³/mol. The van der Waals surface area contributed by atoms with Crippen LogP contribution in [0.3, 0.4) is 0 Å². The summed E-state index contributed by atoms with van der Waals surface area (Å²) in [5.41, 5.74) is 2.48. The second-order valence-corrected chi connectivity index (χ2v) is 4.73. The largest absolute Gasteiger partial charge is 0.395 e. The van der Waals surface area contributed by atoms with Gasteiger partial charge >= 0.3 is 0 Å². The number of rotatable bonds is 5. The van der Waals surface area contributed by atoms with E-state index in [4.69, 9.17) is 9.84 Å². The van der Waals surface area contributed by atoms with E-state index < -0.39 is 0 Å². The summed E-state index contributed by atoms with van der Waals surface area (Å²) in [5.74, 6) is 5.62. The van der Waals surface area contributed by atoms with Crippen molar-refractivity contribution in [3.8, 4) is 11.8 Å². The number of hydrogen-bond acceptors (Lipinski definition) is 3. The number of ether oxygens (including phenoxy) is 1. The van der Waals surface area contributed by atoms with Crippen LogP contribution in [-0.4, -0.2) is 30.3 Å². The van der Waals surface area contributed by atoms with E-state index in [1.165, 1.54) is 0 Å². The third-order valence-electron chi connectivity index (χ3n) is 2.46. The van der Waals surface area contributed by atoms with Crippen LogP contribution in [0, 0.1) is 18.8 Å². The second kappa shape index (κ2) is 8.36. The first-order valence-corrected chi connectivity index (χ1v) is 6.64. The van der Waals surface area contributed by atoms with Crippen LogP contribution in [-0.2, 0) is 9.53 Å². The number of hydrogen-bond donors (Lipinski definition) is 2. The highest BCUT2D eigenvalue weighted by molar-refractivity contribution is 5.93. The normalized spacial score (nSPS) is 10.1. The van der Waals surface area contributed by atoms with Crippen LogP contribution >= 0.6 is 0 Å². The first-order chi connectivity index (χ1) is 9.52. The fourth-order valence-corrected chi connectivity index (χ4v) is 1.51. The van der Waals surface area contributed by atoms with Crippen LogP contribution in [0.25, 0.3) is 0 Å². The highest BCUT2D eigenvalue weighted by Gasteiger charge is 2.07. The first-order valence-electron chi connectivity index (χ1n) is 6.64. The molecular formula is C16H21NO3. The molecule has 0 saturated carbocycles. The minimum absolute atomic E-state index is 0.0163. The van der Waals surface area contributed by atoms with Crippen molar-refractivity contribution in [2.75, 3.05) is 18.5 Å². The number of aliphatic hydroxyl groups is 1. The molecule has 2 N–H and O–H groups in total. The van der Waals surface area contributed by atoms with E-state index in [1.54, 1.807) is 0 Å². The highest BCUT2D eigenvalue weighted by Crippen LogP contribution is 2.16. The molecule has 108 valence electrons. The second-order valence-electron chi connectivity index (χ2n) is 4.73. The van der Waals surface area contributed by atoms with Crippen LogP contribution in [0.15, 0.2) is 18.2 Å². The van der Waals surface area contributed by atoms with E-state index in [9.17, 15) is 4.79 Å². The summed E-state index contributed by atoms with van der Waals surface area (Å²) in [4.78, 5) is 11.8. The summed E-state index contributed by atoms with van der Waals surface area (Å²) in [6, 6.07) is 5.64. The van der Waals surface area contributed by atoms with E-state index >= 15 is 0 Å². The Labute approximate surface area is 120 Å². The maximum absolute atomic E-state index is 11.8. The van der Waals surface area contributed by atoms with Crippen molar-refractivity contribution in [1.29, 1.82) is 0 Å². The molecule has 1 amide bonds. The fraction of sp³-hybridized carbons (Fsp3) is 0.438. The van der Waals surface area contributed by atoms with Crippen molar-refractivity contribution in [1.82, 2.24) is 0 Å². The minimum atomic E-state index is -0.201. The summed E-state index contributed by atoms with van der Waals surface area (Å²) in [6.07, 6.45) is 0.431. The van der Waals surface area contributed by atoms with Crippen LogP contribution in [0.2, 0.25) is 0 Å². The Morgan fingerprint density at radius 2 is 2.20 bits per heavy atom. The summed E-state index contributed by atoms with van der Waals surface area (Å²) in [6.45, 7) is 5.78. The van der Waals surface area contributed by atoms with Gasteiger partial charge in [-0.2, -0.15) is 0 Å². The highest BCUT2D eigenvalue weighted by atomic mass is 16.5. The number of aliphatic hydroxyl groups excluding tert-OH is 1. The van der Waals surface area contributed by atoms with E-state index in [0.29, 0.717) is 12.1 Å². The maximum Gasteiger partial charge on any atom is 0.250 e. The Balaban J connectivity index is 2.79. The number of aryl methyl sites for hydroxylation is 1. The van der Waals surface area contributed by atoms with Gasteiger partial charge in [-0.3, -0.25) is 4.79 Å². The lowest BCUT2D eigenvalue weighted by atomic mass is 10.1. The number of nitrogens with one attached hydrogen (secondary N) is 1. The molecule has 0 heterocycles. The van der Waals surface area contributed by atoms with Crippen molar-refractivity contribution >= 4 is 11.6 Å². The number of anilines is 1. The van der Waals surface area contributed by atoms with Gasteiger partial charge in [0.15, 0.2) is 0 Å². The third-order valence-corrected chi connectivity index (χ3v) is 2.46. The Bertz CT molecular complexity index is 512. The number of carbonyl (C=O) groups is 1. The van der Waals surface area contributed by atoms with Crippen molar-refractivity contribution in [2.45, 2.75) is 33.3 Å². The molecule has 0 bridgehead atoms. The number of carbonyl (C=O) groups excluding carboxylic acids is 1. The van der Waals surface area contributed by atoms with Gasteiger partial charge in [-0.05, 0) is 38.5 Å². The van der Waals surface area contributed by atoms with E-state index in [1.807, 2.05) is 39.0 Å². The van der Waals surface area contributed by atoms with Crippen molar-refractivity contribution in [3.05, 3.63) is 29.3 Å². The average Bonchev–Trinajstić information content (AvgIpc) is 2.39. The molecule has 0 aliphatic rings. The molecule has 1 rings (SSSR count). The monoisotopic (exact) mass is 275 g/mol. The molecule has 0 saturated heterocycles. The maximum atomic E-state index is 11.8. The van der Waals surface area contributed by atoms with Crippen molar-refractivity contribution in [3.63, 3.8) is 0 Å². The lowest BCUT2D eigenvalue weighted by Crippen LogP contribution is -2.21. The SMILES string of the molecule is Cc1ccc(NC(=O)COC(C)C)c(C#CCCO)c1. The number of benzene rings is 1. The molecule has 20 heavy (non-hydrogen) atoms. The molecule has 1 aromatic carbocycles. The molecule has 0 fully saturated rings. The molecule has 0 aromatic heterocycles. The Morgan fingerprint density at radius 3 is 2.85 bits per heavy atom. The van der Waals surface area contributed by atoms with Gasteiger partial charge in [0.2, 0.25) is 5.91 Å². The Morgan fingerprint density at radius 1 is 1.45 bits per heavy atom. The first kappa shape index (κ1) is 16.2. The van der Waals surface area contributed by atoms with Gasteiger partial charge in [0, 0.05) is 12.0 Å². The van der Waals surface area contributed by atoms with Gasteiger partial charge < -0.3 is 15.2 Å². The minimum Gasteiger partial charge on any atom is -0.395 e. The zero-order valence-corrected chi connectivity index (χ0v) is 12.2. The van der Waals surface area contributed by atoms with E-state index in [0.717, 1.165) is 11.1 Å². The lowest BCUT2D eigenvalue weighted by Gasteiger charge is -2.10. The standard InChI is InChI=1S/C16H21NO3/c1-12(2)20-11-16(19)17-15-8-7-13(3)10-14(15)6-4-5-9-18/h7-8,10,12,18H,5,9,11H2,1-3H3,(H,17,19). The summed E-state index contributed by atoms with van der Waals surface area (Å²) >= 11 is 0. The van der Waals surface area contributed by atoms with Crippen LogP contribution in [0.4, 0.5) is 5.69 Å². The molecule has 0 atom stereocenters. The van der Waals surface area contributed by atoms with E-state index in [-0.39, 0.29) is 25.2 Å². The zero-order chi connectivity index (χ0) is 15.0. The summed E-state index contributed by atoms with van der Waals surface area (Å²) in [5, 5.41) is 11.5. The summed E-state index contributed by atoms with van der Waals surface area (Å²) in [7, 11) is 0. The van der Waals surface area contributed by atoms with Gasteiger partial charge in [-0.25, -0.2) is 0 Å². The molecule has 0 unspecified atom stereocenters. The van der Waals surface area contributed by atoms with Gasteiger partial charge in [0.05, 0.1) is 18.4 Å². The van der Waals surface area contributed by atoms with Crippen LogP contribution in [0.1, 0.15) is 31.4 Å². The molecule has 4 nitrogen and oxygen atoms in total. The summed E-state index contributed by atoms with van der Waals surface area (Å²) < 4.78 is 5.26. The molecule has 4 heteroatoms. The Kier molecular flexibility index (Phi) is 6.78. The van der Waals surface area contributed by atoms with Gasteiger partial charge in [-0.15, -0.1) is 0 Å². The smallest absolute Gasteiger partial charge is 0.250 e. The molecular weight excluding hydrogens is 254 g/mol. The fourth-order valence-electron chi connectivity index (χ4n) is 1.51. The Hall–Kier alpha value is -1.83. The topological polar surface area (TPSA) is 58.6 Å². The van der Waals surface area contributed by atoms with Gasteiger partial charge in [-0.1, -0.05) is 17.9 Å². The van der Waals surface area contributed by atoms with Crippen LogP contribution < -0.4 is 5.32 Å². The quantitative estimate of drug-likeness (QED) is 0.809. The van der Waals surface area contributed by atoms with Gasteiger partial charge in [0.1, 0.15) is 6.61 Å². The number of amides is 1.